The summed E-state index contributed by atoms with van der Waals surface area (Å²) >= 11 is 0. The van der Waals surface area contributed by atoms with Crippen molar-refractivity contribution in [3.63, 3.8) is 0 Å². The van der Waals surface area contributed by atoms with Gasteiger partial charge in [0.25, 0.3) is 5.91 Å². The highest BCUT2D eigenvalue weighted by atomic mass is 16.5. The molecule has 1 unspecified atom stereocenters. The molecule has 26 heavy (non-hydrogen) atoms. The standard InChI is InChI=1S/C22H21NO3/c24-16-19-12-8-7-11-18(19)15-23-22(25)21(17-9-3-1-4-10-17)26-20-13-5-2-6-14-20/h1-14,21,24H,15-16H2,(H,23,25). The lowest BCUT2D eigenvalue weighted by molar-refractivity contribution is -0.128. The number of carbonyl (C=O) groups is 1. The minimum Gasteiger partial charge on any atom is -0.476 e. The molecule has 0 heterocycles. The molecule has 0 saturated carbocycles. The van der Waals surface area contributed by atoms with Crippen LogP contribution in [0.15, 0.2) is 84.9 Å². The van der Waals surface area contributed by atoms with E-state index in [1.165, 1.54) is 0 Å². The Morgan fingerprint density at radius 1 is 0.846 bits per heavy atom. The Morgan fingerprint density at radius 2 is 1.42 bits per heavy atom. The van der Waals surface area contributed by atoms with E-state index < -0.39 is 6.10 Å². The zero-order valence-corrected chi connectivity index (χ0v) is 14.3. The van der Waals surface area contributed by atoms with Crippen molar-refractivity contribution in [3.8, 4) is 5.75 Å². The average Bonchev–Trinajstić information content (AvgIpc) is 2.72. The first-order chi connectivity index (χ1) is 12.8. The van der Waals surface area contributed by atoms with Crippen molar-refractivity contribution in [1.82, 2.24) is 5.32 Å². The summed E-state index contributed by atoms with van der Waals surface area (Å²) in [6.07, 6.45) is -0.750. The number of carbonyl (C=O) groups excluding carboxylic acids is 1. The van der Waals surface area contributed by atoms with Gasteiger partial charge in [-0.3, -0.25) is 4.79 Å². The molecule has 0 aliphatic carbocycles. The Kier molecular flexibility index (Phi) is 6.01. The molecule has 132 valence electrons. The first kappa shape index (κ1) is 17.7. The number of aliphatic hydroxyl groups excluding tert-OH is 1. The maximum Gasteiger partial charge on any atom is 0.266 e. The smallest absolute Gasteiger partial charge is 0.266 e. The molecule has 0 fully saturated rings. The monoisotopic (exact) mass is 347 g/mol. The molecule has 0 aliphatic heterocycles. The fourth-order valence-corrected chi connectivity index (χ4v) is 2.70. The normalized spacial score (nSPS) is 11.6. The summed E-state index contributed by atoms with van der Waals surface area (Å²) in [6.45, 7) is 0.270. The van der Waals surface area contributed by atoms with E-state index in [2.05, 4.69) is 5.32 Å². The molecule has 0 spiro atoms. The number of aliphatic hydroxyl groups is 1. The van der Waals surface area contributed by atoms with Crippen molar-refractivity contribution in [2.75, 3.05) is 0 Å². The van der Waals surface area contributed by atoms with Gasteiger partial charge in [0.1, 0.15) is 5.75 Å². The van der Waals surface area contributed by atoms with Crippen molar-refractivity contribution >= 4 is 5.91 Å². The van der Waals surface area contributed by atoms with Crippen molar-refractivity contribution in [2.24, 2.45) is 0 Å². The molecule has 1 atom stereocenters. The highest BCUT2D eigenvalue weighted by Gasteiger charge is 2.22. The van der Waals surface area contributed by atoms with E-state index in [1.807, 2.05) is 84.9 Å². The predicted octanol–water partition coefficient (Wildman–Crippen LogP) is 3.62. The van der Waals surface area contributed by atoms with E-state index in [1.54, 1.807) is 0 Å². The van der Waals surface area contributed by atoms with E-state index in [9.17, 15) is 9.90 Å². The number of amides is 1. The van der Waals surface area contributed by atoms with Crippen molar-refractivity contribution in [1.29, 1.82) is 0 Å². The maximum atomic E-state index is 12.8. The van der Waals surface area contributed by atoms with E-state index in [4.69, 9.17) is 4.74 Å². The molecule has 0 bridgehead atoms. The highest BCUT2D eigenvalue weighted by Crippen LogP contribution is 2.22. The van der Waals surface area contributed by atoms with Crippen LogP contribution in [0.2, 0.25) is 0 Å². The van der Waals surface area contributed by atoms with Gasteiger partial charge in [-0.2, -0.15) is 0 Å². The van der Waals surface area contributed by atoms with Gasteiger partial charge in [0, 0.05) is 12.1 Å². The van der Waals surface area contributed by atoms with Gasteiger partial charge in [0.05, 0.1) is 6.61 Å². The van der Waals surface area contributed by atoms with Gasteiger partial charge in [0.2, 0.25) is 6.10 Å². The number of hydrogen-bond acceptors (Lipinski definition) is 3. The lowest BCUT2D eigenvalue weighted by Crippen LogP contribution is -2.32. The van der Waals surface area contributed by atoms with Crippen LogP contribution in [0.4, 0.5) is 0 Å². The lowest BCUT2D eigenvalue weighted by atomic mass is 10.1. The van der Waals surface area contributed by atoms with Gasteiger partial charge >= 0.3 is 0 Å². The second-order valence-corrected chi connectivity index (χ2v) is 5.87. The fourth-order valence-electron chi connectivity index (χ4n) is 2.70. The number of benzene rings is 3. The predicted molar refractivity (Wildman–Crippen MR) is 100 cm³/mol. The first-order valence-electron chi connectivity index (χ1n) is 8.50. The largest absolute Gasteiger partial charge is 0.476 e. The fraction of sp³-hybridized carbons (Fsp3) is 0.136. The van der Waals surface area contributed by atoms with Crippen molar-refractivity contribution in [3.05, 3.63) is 102 Å². The molecule has 2 N–H and O–H groups in total. The number of ether oxygens (including phenoxy) is 1. The number of para-hydroxylation sites is 1. The molecular formula is C22H21NO3. The summed E-state index contributed by atoms with van der Waals surface area (Å²) in [5.74, 6) is 0.403. The maximum absolute atomic E-state index is 12.8. The highest BCUT2D eigenvalue weighted by molar-refractivity contribution is 5.82. The summed E-state index contributed by atoms with van der Waals surface area (Å²) in [6, 6.07) is 26.2. The Hall–Kier alpha value is -3.11. The second kappa shape index (κ2) is 8.83. The minimum atomic E-state index is -0.750. The summed E-state index contributed by atoms with van der Waals surface area (Å²) in [4.78, 5) is 12.8. The molecule has 1 amide bonds. The summed E-state index contributed by atoms with van der Waals surface area (Å²) < 4.78 is 5.95. The zero-order chi connectivity index (χ0) is 18.2. The van der Waals surface area contributed by atoms with Crippen LogP contribution in [-0.2, 0) is 17.9 Å². The molecule has 0 radical (unpaired) electrons. The summed E-state index contributed by atoms with van der Waals surface area (Å²) in [5.41, 5.74) is 2.47. The van der Waals surface area contributed by atoms with Gasteiger partial charge in [-0.25, -0.2) is 0 Å². The molecule has 0 aliphatic rings. The van der Waals surface area contributed by atoms with E-state index in [0.29, 0.717) is 12.3 Å². The quantitative estimate of drug-likeness (QED) is 0.686. The van der Waals surface area contributed by atoms with Crippen LogP contribution < -0.4 is 10.1 Å². The Morgan fingerprint density at radius 3 is 2.08 bits per heavy atom. The van der Waals surface area contributed by atoms with Crippen LogP contribution >= 0.6 is 0 Å². The van der Waals surface area contributed by atoms with Gasteiger partial charge in [-0.1, -0.05) is 72.8 Å². The topological polar surface area (TPSA) is 58.6 Å². The average molecular weight is 347 g/mol. The Balaban J connectivity index is 1.76. The third-order valence-electron chi connectivity index (χ3n) is 4.08. The molecular weight excluding hydrogens is 326 g/mol. The van der Waals surface area contributed by atoms with Crippen molar-refractivity contribution < 1.29 is 14.6 Å². The summed E-state index contributed by atoms with van der Waals surface area (Å²) in [5, 5.41) is 12.3. The summed E-state index contributed by atoms with van der Waals surface area (Å²) in [7, 11) is 0. The molecule has 0 saturated heterocycles. The zero-order valence-electron chi connectivity index (χ0n) is 14.3. The van der Waals surface area contributed by atoms with E-state index in [0.717, 1.165) is 16.7 Å². The van der Waals surface area contributed by atoms with Gasteiger partial charge < -0.3 is 15.2 Å². The van der Waals surface area contributed by atoms with Crippen molar-refractivity contribution in [2.45, 2.75) is 19.3 Å². The van der Waals surface area contributed by atoms with Crippen LogP contribution in [0.1, 0.15) is 22.8 Å². The number of rotatable bonds is 7. The van der Waals surface area contributed by atoms with Crippen LogP contribution in [-0.4, -0.2) is 11.0 Å². The van der Waals surface area contributed by atoms with Crippen LogP contribution in [0.3, 0.4) is 0 Å². The van der Waals surface area contributed by atoms with E-state index >= 15 is 0 Å². The van der Waals surface area contributed by atoms with Gasteiger partial charge in [-0.15, -0.1) is 0 Å². The Labute approximate surface area is 153 Å². The second-order valence-electron chi connectivity index (χ2n) is 5.87. The molecule has 3 aromatic rings. The molecule has 4 heteroatoms. The van der Waals surface area contributed by atoms with Gasteiger partial charge in [-0.05, 0) is 23.3 Å². The Bertz CT molecular complexity index is 834. The SMILES string of the molecule is O=C(NCc1ccccc1CO)C(Oc1ccccc1)c1ccccc1. The molecule has 0 aromatic heterocycles. The third-order valence-corrected chi connectivity index (χ3v) is 4.08. The van der Waals surface area contributed by atoms with Gasteiger partial charge in [0.15, 0.2) is 0 Å². The number of hydrogen-bond donors (Lipinski definition) is 2. The van der Waals surface area contributed by atoms with Crippen LogP contribution in [0, 0.1) is 0 Å². The van der Waals surface area contributed by atoms with E-state index in [-0.39, 0.29) is 12.5 Å². The third kappa shape index (κ3) is 4.49. The first-order valence-corrected chi connectivity index (χ1v) is 8.50. The molecule has 3 rings (SSSR count). The minimum absolute atomic E-state index is 0.0608. The molecule has 3 aromatic carbocycles. The lowest BCUT2D eigenvalue weighted by Gasteiger charge is -2.19. The molecule has 4 nitrogen and oxygen atoms in total. The van der Waals surface area contributed by atoms with Crippen LogP contribution in [0.25, 0.3) is 0 Å². The van der Waals surface area contributed by atoms with Crippen LogP contribution in [0.5, 0.6) is 5.75 Å². The number of nitrogens with one attached hydrogen (secondary N) is 1.